The summed E-state index contributed by atoms with van der Waals surface area (Å²) in [6.07, 6.45) is 3.70. The summed E-state index contributed by atoms with van der Waals surface area (Å²) in [5, 5.41) is 26.6. The van der Waals surface area contributed by atoms with Crippen LogP contribution in [0.15, 0.2) is 30.3 Å². The van der Waals surface area contributed by atoms with E-state index in [-0.39, 0.29) is 25.0 Å². The van der Waals surface area contributed by atoms with Crippen LogP contribution in [0.2, 0.25) is 0 Å². The van der Waals surface area contributed by atoms with Crippen molar-refractivity contribution >= 4 is 18.0 Å². The molecule has 0 fully saturated rings. The molecule has 0 spiro atoms. The van der Waals surface area contributed by atoms with Crippen LogP contribution in [-0.2, 0) is 9.59 Å². The van der Waals surface area contributed by atoms with Gasteiger partial charge in [-0.3, -0.25) is 9.59 Å². The molecule has 1 rings (SSSR count). The third-order valence-corrected chi connectivity index (χ3v) is 2.68. The molecular formula is C14H16O5. The maximum Gasteiger partial charge on any atom is 0.306 e. The number of hydrogen-bond donors (Lipinski definition) is 3. The highest BCUT2D eigenvalue weighted by atomic mass is 16.4. The number of carbonyl (C=O) groups is 2. The molecule has 1 aromatic carbocycles. The van der Waals surface area contributed by atoms with Gasteiger partial charge in [-0.1, -0.05) is 24.3 Å². The molecule has 1 atom stereocenters. The summed E-state index contributed by atoms with van der Waals surface area (Å²) in [5.74, 6) is -2.50. The second kappa shape index (κ2) is 7.20. The third-order valence-electron chi connectivity index (χ3n) is 2.68. The molecule has 0 saturated carbocycles. The van der Waals surface area contributed by atoms with Gasteiger partial charge in [-0.15, -0.1) is 0 Å². The van der Waals surface area contributed by atoms with Crippen molar-refractivity contribution in [1.82, 2.24) is 0 Å². The fourth-order valence-corrected chi connectivity index (χ4v) is 1.59. The molecule has 1 aromatic rings. The zero-order valence-electron chi connectivity index (χ0n) is 10.3. The molecule has 19 heavy (non-hydrogen) atoms. The lowest BCUT2D eigenvalue weighted by molar-refractivity contribution is -0.142. The number of aliphatic carboxylic acids is 2. The topological polar surface area (TPSA) is 94.8 Å². The number of phenols is 1. The summed E-state index contributed by atoms with van der Waals surface area (Å²) in [6, 6.07) is 6.50. The van der Waals surface area contributed by atoms with Crippen LogP contribution in [0.1, 0.15) is 24.8 Å². The zero-order chi connectivity index (χ0) is 14.3. The number of phenolic OH excluding ortho intramolecular Hbond substituents is 1. The van der Waals surface area contributed by atoms with E-state index in [1.54, 1.807) is 36.4 Å². The second-order valence-electron chi connectivity index (χ2n) is 4.20. The Kier molecular flexibility index (Phi) is 5.60. The minimum atomic E-state index is -0.992. The van der Waals surface area contributed by atoms with E-state index in [0.29, 0.717) is 0 Å². The van der Waals surface area contributed by atoms with E-state index in [1.165, 1.54) is 0 Å². The predicted molar refractivity (Wildman–Crippen MR) is 69.8 cm³/mol. The molecule has 1 unspecified atom stereocenters. The lowest BCUT2D eigenvalue weighted by Gasteiger charge is -2.07. The zero-order valence-corrected chi connectivity index (χ0v) is 10.3. The molecule has 0 heterocycles. The van der Waals surface area contributed by atoms with Crippen LogP contribution < -0.4 is 0 Å². The van der Waals surface area contributed by atoms with E-state index >= 15 is 0 Å². The van der Waals surface area contributed by atoms with Crippen molar-refractivity contribution in [3.63, 3.8) is 0 Å². The van der Waals surface area contributed by atoms with E-state index in [9.17, 15) is 9.59 Å². The molecule has 0 bridgehead atoms. The number of hydrogen-bond acceptors (Lipinski definition) is 3. The van der Waals surface area contributed by atoms with Crippen LogP contribution in [0.25, 0.3) is 6.08 Å². The van der Waals surface area contributed by atoms with Crippen molar-refractivity contribution in [2.45, 2.75) is 19.3 Å². The van der Waals surface area contributed by atoms with Crippen molar-refractivity contribution in [1.29, 1.82) is 0 Å². The Hall–Kier alpha value is -2.30. The number of carboxylic acid groups (broad SMARTS) is 2. The van der Waals surface area contributed by atoms with Crippen molar-refractivity contribution in [2.24, 2.45) is 5.92 Å². The van der Waals surface area contributed by atoms with Gasteiger partial charge < -0.3 is 15.3 Å². The highest BCUT2D eigenvalue weighted by Gasteiger charge is 2.16. The van der Waals surface area contributed by atoms with Crippen LogP contribution >= 0.6 is 0 Å². The molecule has 0 aliphatic carbocycles. The maximum absolute atomic E-state index is 10.9. The average molecular weight is 264 g/mol. The maximum atomic E-state index is 10.9. The first-order chi connectivity index (χ1) is 8.99. The van der Waals surface area contributed by atoms with Crippen molar-refractivity contribution in [3.8, 4) is 5.75 Å². The molecule has 0 radical (unpaired) electrons. The lowest BCUT2D eigenvalue weighted by atomic mass is 9.99. The predicted octanol–water partition coefficient (Wildman–Crippen LogP) is 2.36. The fourth-order valence-electron chi connectivity index (χ4n) is 1.59. The first-order valence-electron chi connectivity index (χ1n) is 5.89. The quantitative estimate of drug-likeness (QED) is 0.702. The van der Waals surface area contributed by atoms with E-state index in [0.717, 1.165) is 5.56 Å². The van der Waals surface area contributed by atoms with Gasteiger partial charge in [-0.2, -0.15) is 0 Å². The summed E-state index contributed by atoms with van der Waals surface area (Å²) < 4.78 is 0. The van der Waals surface area contributed by atoms with E-state index < -0.39 is 17.9 Å². The van der Waals surface area contributed by atoms with Crippen LogP contribution in [0, 0.1) is 5.92 Å². The first kappa shape index (κ1) is 14.8. The molecule has 0 aromatic heterocycles. The Bertz CT molecular complexity index is 461. The molecule has 0 amide bonds. The van der Waals surface area contributed by atoms with Crippen LogP contribution in [-0.4, -0.2) is 27.3 Å². The molecule has 0 aliphatic rings. The SMILES string of the molecule is O=C(O)CCC(C/C=C/c1ccc(O)cc1)C(=O)O. The summed E-state index contributed by atoms with van der Waals surface area (Å²) in [4.78, 5) is 21.4. The van der Waals surface area contributed by atoms with Gasteiger partial charge in [-0.05, 0) is 30.5 Å². The highest BCUT2D eigenvalue weighted by molar-refractivity contribution is 5.72. The Morgan fingerprint density at radius 3 is 2.32 bits per heavy atom. The normalized spacial score (nSPS) is 12.4. The molecule has 3 N–H and O–H groups in total. The minimum Gasteiger partial charge on any atom is -0.508 e. The van der Waals surface area contributed by atoms with Gasteiger partial charge in [0.15, 0.2) is 0 Å². The standard InChI is InChI=1S/C14H16O5/c15-12-7-4-10(5-8-12)2-1-3-11(14(18)19)6-9-13(16)17/h1-2,4-5,7-8,11,15H,3,6,9H2,(H,16,17)(H,18,19)/b2-1+. The monoisotopic (exact) mass is 264 g/mol. The molecule has 0 aliphatic heterocycles. The van der Waals surface area contributed by atoms with E-state index in [4.69, 9.17) is 15.3 Å². The van der Waals surface area contributed by atoms with E-state index in [1.807, 2.05) is 0 Å². The van der Waals surface area contributed by atoms with Gasteiger partial charge in [0.25, 0.3) is 0 Å². The third kappa shape index (κ3) is 5.72. The molecule has 102 valence electrons. The summed E-state index contributed by atoms with van der Waals surface area (Å²) in [5.41, 5.74) is 0.847. The Labute approximate surface area is 110 Å². The van der Waals surface area contributed by atoms with Crippen LogP contribution in [0.5, 0.6) is 5.75 Å². The van der Waals surface area contributed by atoms with Crippen LogP contribution in [0.3, 0.4) is 0 Å². The summed E-state index contributed by atoms with van der Waals surface area (Å²) >= 11 is 0. The second-order valence-corrected chi connectivity index (χ2v) is 4.20. The first-order valence-corrected chi connectivity index (χ1v) is 5.89. The number of allylic oxidation sites excluding steroid dienone is 1. The Morgan fingerprint density at radius 2 is 1.79 bits per heavy atom. The van der Waals surface area contributed by atoms with Crippen molar-refractivity contribution in [2.75, 3.05) is 0 Å². The fraction of sp³-hybridized carbons (Fsp3) is 0.286. The van der Waals surface area contributed by atoms with Gasteiger partial charge in [-0.25, -0.2) is 0 Å². The van der Waals surface area contributed by atoms with Gasteiger partial charge in [0.1, 0.15) is 5.75 Å². The molecule has 5 nitrogen and oxygen atoms in total. The number of carboxylic acids is 2. The van der Waals surface area contributed by atoms with Gasteiger partial charge in [0.2, 0.25) is 0 Å². The number of aromatic hydroxyl groups is 1. The van der Waals surface area contributed by atoms with Gasteiger partial charge in [0, 0.05) is 6.42 Å². The average Bonchev–Trinajstić information content (AvgIpc) is 2.35. The Morgan fingerprint density at radius 1 is 1.16 bits per heavy atom. The summed E-state index contributed by atoms with van der Waals surface area (Å²) in [7, 11) is 0. The Balaban J connectivity index is 2.53. The summed E-state index contributed by atoms with van der Waals surface area (Å²) in [6.45, 7) is 0. The lowest BCUT2D eigenvalue weighted by Crippen LogP contribution is -2.14. The number of rotatable bonds is 7. The minimum absolute atomic E-state index is 0.116. The molecule has 0 saturated heterocycles. The van der Waals surface area contributed by atoms with Gasteiger partial charge in [0.05, 0.1) is 5.92 Å². The van der Waals surface area contributed by atoms with Gasteiger partial charge >= 0.3 is 11.9 Å². The van der Waals surface area contributed by atoms with E-state index in [2.05, 4.69) is 0 Å². The molecule has 5 heteroatoms. The highest BCUT2D eigenvalue weighted by Crippen LogP contribution is 2.15. The number of benzene rings is 1. The smallest absolute Gasteiger partial charge is 0.306 e. The van der Waals surface area contributed by atoms with Crippen molar-refractivity contribution in [3.05, 3.63) is 35.9 Å². The largest absolute Gasteiger partial charge is 0.508 e. The molecular weight excluding hydrogens is 248 g/mol. The van der Waals surface area contributed by atoms with Crippen molar-refractivity contribution < 1.29 is 24.9 Å². The van der Waals surface area contributed by atoms with Crippen LogP contribution in [0.4, 0.5) is 0 Å².